The quantitative estimate of drug-likeness (QED) is 0.517. The van der Waals surface area contributed by atoms with E-state index in [1.807, 2.05) is 0 Å². The fourth-order valence-electron chi connectivity index (χ4n) is 1.35. The zero-order chi connectivity index (χ0) is 8.53. The fourth-order valence-corrected chi connectivity index (χ4v) is 1.35. The van der Waals surface area contributed by atoms with E-state index in [4.69, 9.17) is 0 Å². The van der Waals surface area contributed by atoms with Crippen LogP contribution in [0, 0.1) is 5.92 Å². The second-order valence-corrected chi connectivity index (χ2v) is 3.16. The zero-order valence-corrected chi connectivity index (χ0v) is 7.81. The Labute approximate surface area is 70.2 Å². The average molecular weight is 156 g/mol. The number of carbonyl (C=O) groups excluding carboxylic acids is 1. The maximum Gasteiger partial charge on any atom is 0.120 e. The number of hydrogen-bond donors (Lipinski definition) is 0. The molecule has 0 N–H and O–H groups in total. The Kier molecular flexibility index (Phi) is 7.54. The molecule has 66 valence electrons. The Bertz CT molecular complexity index is 88.9. The monoisotopic (exact) mass is 156 g/mol. The van der Waals surface area contributed by atoms with Gasteiger partial charge in [-0.1, -0.05) is 39.5 Å². The van der Waals surface area contributed by atoms with E-state index in [0.717, 1.165) is 25.0 Å². The first-order valence-corrected chi connectivity index (χ1v) is 4.78. The van der Waals surface area contributed by atoms with Crippen LogP contribution >= 0.6 is 0 Å². The normalized spacial score (nSPS) is 12.9. The van der Waals surface area contributed by atoms with Gasteiger partial charge in [0.2, 0.25) is 0 Å². The van der Waals surface area contributed by atoms with Crippen LogP contribution in [0.1, 0.15) is 52.4 Å². The Morgan fingerprint density at radius 2 is 2.00 bits per heavy atom. The molecule has 1 atom stereocenters. The third-order valence-electron chi connectivity index (χ3n) is 2.24. The molecule has 0 aliphatic carbocycles. The largest absolute Gasteiger partial charge is 0.303 e. The zero-order valence-electron chi connectivity index (χ0n) is 7.81. The van der Waals surface area contributed by atoms with Gasteiger partial charge in [-0.05, 0) is 12.3 Å². The summed E-state index contributed by atoms with van der Waals surface area (Å²) in [4.78, 5) is 10.1. The van der Waals surface area contributed by atoms with Gasteiger partial charge in [0.25, 0.3) is 0 Å². The number of aldehydes is 1. The predicted octanol–water partition coefficient (Wildman–Crippen LogP) is 3.18. The molecule has 11 heavy (non-hydrogen) atoms. The van der Waals surface area contributed by atoms with Crippen LogP contribution in [0.3, 0.4) is 0 Å². The molecular weight excluding hydrogens is 136 g/mol. The highest BCUT2D eigenvalue weighted by Gasteiger charge is 2.03. The summed E-state index contributed by atoms with van der Waals surface area (Å²) in [5.74, 6) is 0.792. The van der Waals surface area contributed by atoms with E-state index < -0.39 is 0 Å². The van der Waals surface area contributed by atoms with Crippen molar-refractivity contribution in [3.05, 3.63) is 0 Å². The Morgan fingerprint density at radius 3 is 2.45 bits per heavy atom. The minimum atomic E-state index is 0.752. The molecule has 0 heterocycles. The van der Waals surface area contributed by atoms with Gasteiger partial charge in [-0.2, -0.15) is 0 Å². The highest BCUT2D eigenvalue weighted by molar-refractivity contribution is 5.49. The molecule has 0 rings (SSSR count). The SMILES string of the molecule is CCCCC(CC)CCC=O. The average Bonchev–Trinajstić information content (AvgIpc) is 2.05. The minimum absolute atomic E-state index is 0.752. The molecule has 0 fully saturated rings. The molecule has 0 bridgehead atoms. The van der Waals surface area contributed by atoms with Crippen LogP contribution in [-0.4, -0.2) is 6.29 Å². The summed E-state index contributed by atoms with van der Waals surface area (Å²) in [5.41, 5.74) is 0. The van der Waals surface area contributed by atoms with E-state index in [1.54, 1.807) is 0 Å². The van der Waals surface area contributed by atoms with E-state index in [1.165, 1.54) is 25.7 Å². The van der Waals surface area contributed by atoms with E-state index in [9.17, 15) is 4.79 Å². The highest BCUT2D eigenvalue weighted by atomic mass is 16.1. The van der Waals surface area contributed by atoms with Crippen molar-refractivity contribution in [2.24, 2.45) is 5.92 Å². The van der Waals surface area contributed by atoms with Crippen LogP contribution in [0.2, 0.25) is 0 Å². The van der Waals surface area contributed by atoms with Crippen LogP contribution in [0.5, 0.6) is 0 Å². The van der Waals surface area contributed by atoms with Gasteiger partial charge in [0, 0.05) is 6.42 Å². The number of rotatable bonds is 7. The number of hydrogen-bond acceptors (Lipinski definition) is 1. The molecule has 0 aliphatic heterocycles. The molecule has 0 amide bonds. The highest BCUT2D eigenvalue weighted by Crippen LogP contribution is 2.17. The predicted molar refractivity (Wildman–Crippen MR) is 48.6 cm³/mol. The summed E-state index contributed by atoms with van der Waals surface area (Å²) in [6, 6.07) is 0. The van der Waals surface area contributed by atoms with Crippen molar-refractivity contribution in [3.63, 3.8) is 0 Å². The number of carbonyl (C=O) groups is 1. The van der Waals surface area contributed by atoms with Gasteiger partial charge < -0.3 is 4.79 Å². The van der Waals surface area contributed by atoms with Crippen molar-refractivity contribution < 1.29 is 4.79 Å². The van der Waals surface area contributed by atoms with Gasteiger partial charge in [0.05, 0.1) is 0 Å². The summed E-state index contributed by atoms with van der Waals surface area (Å²) in [5, 5.41) is 0. The smallest absolute Gasteiger partial charge is 0.120 e. The van der Waals surface area contributed by atoms with Crippen LogP contribution < -0.4 is 0 Å². The molecule has 0 aromatic rings. The lowest BCUT2D eigenvalue weighted by atomic mass is 9.95. The van der Waals surface area contributed by atoms with E-state index in [2.05, 4.69) is 13.8 Å². The van der Waals surface area contributed by atoms with Crippen molar-refractivity contribution in [2.75, 3.05) is 0 Å². The van der Waals surface area contributed by atoms with Crippen molar-refractivity contribution in [1.82, 2.24) is 0 Å². The molecule has 0 saturated heterocycles. The van der Waals surface area contributed by atoms with E-state index in [-0.39, 0.29) is 0 Å². The van der Waals surface area contributed by atoms with Crippen molar-refractivity contribution >= 4 is 6.29 Å². The first kappa shape index (κ1) is 10.7. The van der Waals surface area contributed by atoms with Crippen LogP contribution in [0.4, 0.5) is 0 Å². The summed E-state index contributed by atoms with van der Waals surface area (Å²) < 4.78 is 0. The number of unbranched alkanes of at least 4 members (excludes halogenated alkanes) is 1. The Balaban J connectivity index is 3.32. The minimum Gasteiger partial charge on any atom is -0.303 e. The summed E-state index contributed by atoms with van der Waals surface area (Å²) >= 11 is 0. The Morgan fingerprint density at radius 1 is 1.27 bits per heavy atom. The summed E-state index contributed by atoms with van der Waals surface area (Å²) in [7, 11) is 0. The molecule has 0 aliphatic rings. The third kappa shape index (κ3) is 6.08. The lowest BCUT2D eigenvalue weighted by Gasteiger charge is -2.11. The molecule has 0 spiro atoms. The molecule has 0 aromatic carbocycles. The van der Waals surface area contributed by atoms with Gasteiger partial charge in [0.15, 0.2) is 0 Å². The lowest BCUT2D eigenvalue weighted by molar-refractivity contribution is -0.108. The first-order valence-electron chi connectivity index (χ1n) is 4.78. The third-order valence-corrected chi connectivity index (χ3v) is 2.24. The standard InChI is InChI=1S/C10H20O/c1-3-5-7-10(4-2)8-6-9-11/h9-10H,3-8H2,1-2H3. The van der Waals surface area contributed by atoms with Gasteiger partial charge in [-0.25, -0.2) is 0 Å². The van der Waals surface area contributed by atoms with Crippen molar-refractivity contribution in [2.45, 2.75) is 52.4 Å². The molecular formula is C10H20O. The van der Waals surface area contributed by atoms with Crippen molar-refractivity contribution in [1.29, 1.82) is 0 Å². The van der Waals surface area contributed by atoms with Gasteiger partial charge >= 0.3 is 0 Å². The van der Waals surface area contributed by atoms with E-state index >= 15 is 0 Å². The second kappa shape index (κ2) is 7.77. The van der Waals surface area contributed by atoms with Gasteiger partial charge in [-0.3, -0.25) is 0 Å². The Hall–Kier alpha value is -0.330. The topological polar surface area (TPSA) is 17.1 Å². The molecule has 1 nitrogen and oxygen atoms in total. The molecule has 0 saturated carbocycles. The van der Waals surface area contributed by atoms with Gasteiger partial charge in [-0.15, -0.1) is 0 Å². The maximum atomic E-state index is 10.1. The fraction of sp³-hybridized carbons (Fsp3) is 0.900. The summed E-state index contributed by atoms with van der Waals surface area (Å²) in [6.45, 7) is 4.43. The van der Waals surface area contributed by atoms with Crippen molar-refractivity contribution in [3.8, 4) is 0 Å². The first-order chi connectivity index (χ1) is 5.35. The lowest BCUT2D eigenvalue weighted by Crippen LogP contribution is -1.98. The molecule has 1 unspecified atom stereocenters. The van der Waals surface area contributed by atoms with Gasteiger partial charge in [0.1, 0.15) is 6.29 Å². The maximum absolute atomic E-state index is 10.1. The van der Waals surface area contributed by atoms with Crippen LogP contribution in [-0.2, 0) is 4.79 Å². The molecule has 0 aromatic heterocycles. The second-order valence-electron chi connectivity index (χ2n) is 3.16. The van der Waals surface area contributed by atoms with E-state index in [0.29, 0.717) is 0 Å². The molecule has 0 radical (unpaired) electrons. The summed E-state index contributed by atoms with van der Waals surface area (Å²) in [6.07, 6.45) is 8.01. The molecule has 1 heteroatoms. The van der Waals surface area contributed by atoms with Crippen LogP contribution in [0.15, 0.2) is 0 Å². The van der Waals surface area contributed by atoms with Crippen LogP contribution in [0.25, 0.3) is 0 Å².